The van der Waals surface area contributed by atoms with E-state index in [2.05, 4.69) is 0 Å². The monoisotopic (exact) mass is 220 g/mol. The van der Waals surface area contributed by atoms with E-state index >= 15 is 0 Å². The average Bonchev–Trinajstić information content (AvgIpc) is 2.16. The summed E-state index contributed by atoms with van der Waals surface area (Å²) < 4.78 is 0. The molecule has 0 radical (unpaired) electrons. The Morgan fingerprint density at radius 2 is 1.80 bits per heavy atom. The molecular weight excluding hydrogens is 208 g/mol. The van der Waals surface area contributed by atoms with Crippen LogP contribution in [0.5, 0.6) is 0 Å². The second kappa shape index (κ2) is 5.52. The van der Waals surface area contributed by atoms with Crippen molar-refractivity contribution in [1.29, 1.82) is 0 Å². The Bertz CT molecular complexity index is 395. The Hall–Kier alpha value is -1.34. The van der Waals surface area contributed by atoms with Crippen LogP contribution in [0, 0.1) is 0 Å². The molecule has 0 amide bonds. The van der Waals surface area contributed by atoms with E-state index in [1.165, 1.54) is 0 Å². The molecule has 0 bridgehead atoms. The first-order valence-corrected chi connectivity index (χ1v) is 5.08. The smallest absolute Gasteiger partial charge is 0.178 e. The Morgan fingerprint density at radius 1 is 1.20 bits per heavy atom. The van der Waals surface area contributed by atoms with Crippen molar-refractivity contribution in [3.63, 3.8) is 0 Å². The van der Waals surface area contributed by atoms with E-state index in [4.69, 9.17) is 11.6 Å². The van der Waals surface area contributed by atoms with E-state index in [-0.39, 0.29) is 5.78 Å². The van der Waals surface area contributed by atoms with E-state index in [1.807, 2.05) is 26.0 Å². The van der Waals surface area contributed by atoms with E-state index in [0.29, 0.717) is 5.02 Å². The fourth-order valence-electron chi connectivity index (χ4n) is 1.08. The Balaban J connectivity index is 2.70. The Kier molecular flexibility index (Phi) is 4.32. The number of hydrogen-bond acceptors (Lipinski definition) is 1. The molecule has 0 saturated carbocycles. The van der Waals surface area contributed by atoms with Gasteiger partial charge in [-0.2, -0.15) is 0 Å². The number of ketones is 1. The molecule has 0 atom stereocenters. The molecule has 0 aliphatic rings. The molecule has 0 saturated heterocycles. The van der Waals surface area contributed by atoms with Crippen molar-refractivity contribution in [1.82, 2.24) is 0 Å². The molecule has 0 unspecified atom stereocenters. The lowest BCUT2D eigenvalue weighted by atomic mass is 10.2. The predicted octanol–water partition coefficient (Wildman–Crippen LogP) is 3.89. The third kappa shape index (κ3) is 4.61. The van der Waals surface area contributed by atoms with Crippen molar-refractivity contribution in [2.24, 2.45) is 0 Å². The molecule has 0 aromatic heterocycles. The van der Waals surface area contributed by atoms with Crippen molar-refractivity contribution in [3.8, 4) is 0 Å². The molecule has 78 valence electrons. The van der Waals surface area contributed by atoms with Crippen molar-refractivity contribution < 1.29 is 4.79 Å². The van der Waals surface area contributed by atoms with E-state index in [1.54, 1.807) is 30.4 Å². The van der Waals surface area contributed by atoms with Gasteiger partial charge in [0, 0.05) is 5.02 Å². The van der Waals surface area contributed by atoms with Crippen LogP contribution in [0.3, 0.4) is 0 Å². The second-order valence-electron chi connectivity index (χ2n) is 3.51. The standard InChI is InChI=1S/C13H13ClO/c1-10(2)9-13(15)8-5-11-3-6-12(14)7-4-11/h3-9H,1-2H3/b8-5+. The molecule has 1 aromatic carbocycles. The molecule has 0 aliphatic carbocycles. The third-order valence-electron chi connectivity index (χ3n) is 1.74. The highest BCUT2D eigenvalue weighted by atomic mass is 35.5. The van der Waals surface area contributed by atoms with Crippen LogP contribution in [0.4, 0.5) is 0 Å². The summed E-state index contributed by atoms with van der Waals surface area (Å²) in [4.78, 5) is 11.3. The van der Waals surface area contributed by atoms with Crippen LogP contribution >= 0.6 is 11.6 Å². The largest absolute Gasteiger partial charge is 0.290 e. The molecule has 0 spiro atoms. The van der Waals surface area contributed by atoms with Gasteiger partial charge < -0.3 is 0 Å². The molecule has 15 heavy (non-hydrogen) atoms. The summed E-state index contributed by atoms with van der Waals surface area (Å²) in [5.41, 5.74) is 1.97. The van der Waals surface area contributed by atoms with Gasteiger partial charge in [-0.15, -0.1) is 0 Å². The summed E-state index contributed by atoms with van der Waals surface area (Å²) >= 11 is 5.74. The highest BCUT2D eigenvalue weighted by Gasteiger charge is 1.91. The highest BCUT2D eigenvalue weighted by molar-refractivity contribution is 6.30. The minimum atomic E-state index is 0.00458. The van der Waals surface area contributed by atoms with Gasteiger partial charge in [0.25, 0.3) is 0 Å². The zero-order chi connectivity index (χ0) is 11.3. The van der Waals surface area contributed by atoms with Crippen LogP contribution in [0.15, 0.2) is 42.0 Å². The number of hydrogen-bond donors (Lipinski definition) is 0. The molecule has 0 N–H and O–H groups in total. The minimum absolute atomic E-state index is 0.00458. The topological polar surface area (TPSA) is 17.1 Å². The first-order valence-electron chi connectivity index (χ1n) is 4.70. The second-order valence-corrected chi connectivity index (χ2v) is 3.95. The maximum atomic E-state index is 11.3. The van der Waals surface area contributed by atoms with Crippen LogP contribution in [-0.2, 0) is 4.79 Å². The minimum Gasteiger partial charge on any atom is -0.290 e. The van der Waals surface area contributed by atoms with Crippen molar-refractivity contribution in [2.45, 2.75) is 13.8 Å². The van der Waals surface area contributed by atoms with Crippen LogP contribution in [0.1, 0.15) is 19.4 Å². The summed E-state index contributed by atoms with van der Waals surface area (Å²) in [6.07, 6.45) is 4.93. The molecule has 0 heterocycles. The molecular formula is C13H13ClO. The third-order valence-corrected chi connectivity index (χ3v) is 1.99. The fourth-order valence-corrected chi connectivity index (χ4v) is 1.21. The lowest BCUT2D eigenvalue weighted by Gasteiger charge is -1.92. The number of rotatable bonds is 3. The summed E-state index contributed by atoms with van der Waals surface area (Å²) in [5, 5.41) is 0.697. The van der Waals surface area contributed by atoms with E-state index in [0.717, 1.165) is 11.1 Å². The maximum absolute atomic E-state index is 11.3. The SMILES string of the molecule is CC(C)=CC(=O)/C=C/c1ccc(Cl)cc1. The molecule has 1 rings (SSSR count). The van der Waals surface area contributed by atoms with Gasteiger partial charge in [-0.1, -0.05) is 35.4 Å². The number of benzene rings is 1. The predicted molar refractivity (Wildman–Crippen MR) is 64.9 cm³/mol. The fraction of sp³-hybridized carbons (Fsp3) is 0.154. The lowest BCUT2D eigenvalue weighted by Crippen LogP contribution is -1.86. The Morgan fingerprint density at radius 3 is 2.33 bits per heavy atom. The van der Waals surface area contributed by atoms with Gasteiger partial charge in [-0.25, -0.2) is 0 Å². The van der Waals surface area contributed by atoms with Crippen molar-refractivity contribution >= 4 is 23.5 Å². The highest BCUT2D eigenvalue weighted by Crippen LogP contribution is 2.10. The number of carbonyl (C=O) groups excluding carboxylic acids is 1. The summed E-state index contributed by atoms with van der Waals surface area (Å²) in [7, 11) is 0. The van der Waals surface area contributed by atoms with Gasteiger partial charge in [-0.3, -0.25) is 4.79 Å². The van der Waals surface area contributed by atoms with Gasteiger partial charge >= 0.3 is 0 Å². The molecule has 1 aromatic rings. The van der Waals surface area contributed by atoms with Gasteiger partial charge in [0.15, 0.2) is 5.78 Å². The normalized spacial score (nSPS) is 10.3. The van der Waals surface area contributed by atoms with E-state index in [9.17, 15) is 4.79 Å². The molecule has 2 heteroatoms. The van der Waals surface area contributed by atoms with Gasteiger partial charge in [0.2, 0.25) is 0 Å². The molecule has 0 fully saturated rings. The summed E-state index contributed by atoms with van der Waals surface area (Å²) in [6, 6.07) is 7.34. The van der Waals surface area contributed by atoms with Crippen molar-refractivity contribution in [2.75, 3.05) is 0 Å². The number of halogens is 1. The van der Waals surface area contributed by atoms with Crippen LogP contribution in [0.2, 0.25) is 5.02 Å². The number of allylic oxidation sites excluding steroid dienone is 3. The maximum Gasteiger partial charge on any atom is 0.178 e. The number of carbonyl (C=O) groups is 1. The first-order chi connectivity index (χ1) is 7.08. The quantitative estimate of drug-likeness (QED) is 0.707. The van der Waals surface area contributed by atoms with Gasteiger partial charge in [0.1, 0.15) is 0 Å². The zero-order valence-electron chi connectivity index (χ0n) is 8.83. The summed E-state index contributed by atoms with van der Waals surface area (Å²) in [6.45, 7) is 3.79. The first kappa shape index (κ1) is 11.7. The Labute approximate surface area is 95.1 Å². The summed E-state index contributed by atoms with van der Waals surface area (Å²) in [5.74, 6) is 0.00458. The molecule has 1 nitrogen and oxygen atoms in total. The average molecular weight is 221 g/mol. The lowest BCUT2D eigenvalue weighted by molar-refractivity contribution is -0.110. The van der Waals surface area contributed by atoms with Crippen LogP contribution in [-0.4, -0.2) is 5.78 Å². The van der Waals surface area contributed by atoms with E-state index < -0.39 is 0 Å². The van der Waals surface area contributed by atoms with Gasteiger partial charge in [0.05, 0.1) is 0 Å². The van der Waals surface area contributed by atoms with Gasteiger partial charge in [-0.05, 0) is 43.7 Å². The van der Waals surface area contributed by atoms with Crippen molar-refractivity contribution in [3.05, 3.63) is 52.6 Å². The molecule has 0 aliphatic heterocycles. The van der Waals surface area contributed by atoms with Crippen LogP contribution < -0.4 is 0 Å². The van der Waals surface area contributed by atoms with Crippen LogP contribution in [0.25, 0.3) is 6.08 Å². The zero-order valence-corrected chi connectivity index (χ0v) is 9.58.